The van der Waals surface area contributed by atoms with E-state index in [0.717, 1.165) is 5.82 Å². The zero-order valence-corrected chi connectivity index (χ0v) is 15.1. The molecule has 8 nitrogen and oxygen atoms in total. The summed E-state index contributed by atoms with van der Waals surface area (Å²) in [6.45, 7) is 2.61. The average molecular weight is 375 g/mol. The minimum Gasteiger partial charge on any atom is -0.352 e. The molecule has 9 heteroatoms. The number of hydrogen-bond acceptors (Lipinski definition) is 6. The van der Waals surface area contributed by atoms with Gasteiger partial charge in [0.2, 0.25) is 15.9 Å². The molecule has 2 heterocycles. The highest BCUT2D eigenvalue weighted by Crippen LogP contribution is 2.12. The fourth-order valence-corrected chi connectivity index (χ4v) is 3.83. The van der Waals surface area contributed by atoms with Gasteiger partial charge < -0.3 is 9.80 Å². The first-order valence-corrected chi connectivity index (χ1v) is 9.88. The summed E-state index contributed by atoms with van der Waals surface area (Å²) in [6, 6.07) is 8.13. The Kier molecular flexibility index (Phi) is 5.79. The van der Waals surface area contributed by atoms with Crippen molar-refractivity contribution in [2.24, 2.45) is 0 Å². The van der Waals surface area contributed by atoms with Crippen molar-refractivity contribution in [2.75, 3.05) is 37.6 Å². The molecule has 0 spiro atoms. The van der Waals surface area contributed by atoms with E-state index >= 15 is 0 Å². The largest absolute Gasteiger partial charge is 0.352 e. The number of rotatable bonds is 6. The van der Waals surface area contributed by atoms with E-state index in [2.05, 4.69) is 19.6 Å². The molecule has 1 aromatic heterocycles. The highest BCUT2D eigenvalue weighted by molar-refractivity contribution is 7.89. The zero-order valence-electron chi connectivity index (χ0n) is 14.3. The number of sulfonamides is 1. The third-order valence-corrected chi connectivity index (χ3v) is 5.67. The summed E-state index contributed by atoms with van der Waals surface area (Å²) in [7, 11) is -3.58. The standard InChI is InChI=1S/C17H21N5O3S/c23-17(6-7-20-26(24,25)15-4-2-1-3-5-15)22-12-10-21(11-13-22)16-14-18-8-9-19-16/h1-5,8-9,14,20H,6-7,10-13H2. The molecule has 3 rings (SSSR count). The fourth-order valence-electron chi connectivity index (χ4n) is 2.77. The van der Waals surface area contributed by atoms with Crippen LogP contribution in [-0.4, -0.2) is 61.9 Å². The number of carbonyl (C=O) groups is 1. The Hall–Kier alpha value is -2.52. The molecular formula is C17H21N5O3S. The van der Waals surface area contributed by atoms with Gasteiger partial charge in [-0.3, -0.25) is 9.78 Å². The van der Waals surface area contributed by atoms with Crippen molar-refractivity contribution in [3.8, 4) is 0 Å². The number of hydrogen-bond donors (Lipinski definition) is 1. The van der Waals surface area contributed by atoms with Crippen LogP contribution in [-0.2, 0) is 14.8 Å². The number of aromatic nitrogens is 2. The van der Waals surface area contributed by atoms with Crippen LogP contribution in [0.15, 0.2) is 53.8 Å². The molecule has 1 amide bonds. The summed E-state index contributed by atoms with van der Waals surface area (Å²) >= 11 is 0. The average Bonchev–Trinajstić information content (AvgIpc) is 2.69. The molecule has 1 aromatic carbocycles. The van der Waals surface area contributed by atoms with Crippen molar-refractivity contribution in [1.29, 1.82) is 0 Å². The normalized spacial score (nSPS) is 15.1. The lowest BCUT2D eigenvalue weighted by Crippen LogP contribution is -2.49. The highest BCUT2D eigenvalue weighted by atomic mass is 32.2. The van der Waals surface area contributed by atoms with E-state index < -0.39 is 10.0 Å². The van der Waals surface area contributed by atoms with Crippen LogP contribution in [0.2, 0.25) is 0 Å². The van der Waals surface area contributed by atoms with E-state index in [1.807, 2.05) is 0 Å². The summed E-state index contributed by atoms with van der Waals surface area (Å²) in [6.07, 6.45) is 5.11. The van der Waals surface area contributed by atoms with E-state index in [1.165, 1.54) is 12.1 Å². The summed E-state index contributed by atoms with van der Waals surface area (Å²) in [5.74, 6) is 0.745. The molecule has 1 aliphatic rings. The summed E-state index contributed by atoms with van der Waals surface area (Å²) in [4.78, 5) is 24.7. The Labute approximate surface area is 152 Å². The van der Waals surface area contributed by atoms with E-state index in [4.69, 9.17) is 0 Å². The van der Waals surface area contributed by atoms with Gasteiger partial charge in [-0.15, -0.1) is 0 Å². The van der Waals surface area contributed by atoms with Gasteiger partial charge >= 0.3 is 0 Å². The Morgan fingerprint density at radius 3 is 2.46 bits per heavy atom. The second-order valence-electron chi connectivity index (χ2n) is 5.89. The van der Waals surface area contributed by atoms with Gasteiger partial charge in [-0.05, 0) is 12.1 Å². The third-order valence-electron chi connectivity index (χ3n) is 4.19. The lowest BCUT2D eigenvalue weighted by atomic mass is 10.3. The molecule has 0 unspecified atom stereocenters. The van der Waals surface area contributed by atoms with Crippen molar-refractivity contribution in [3.63, 3.8) is 0 Å². The molecule has 0 atom stereocenters. The number of piperazine rings is 1. The molecule has 2 aromatic rings. The number of carbonyl (C=O) groups excluding carboxylic acids is 1. The van der Waals surface area contributed by atoms with Crippen LogP contribution in [0.3, 0.4) is 0 Å². The third kappa shape index (κ3) is 4.55. The molecule has 1 fully saturated rings. The molecule has 0 aliphatic carbocycles. The van der Waals surface area contributed by atoms with Crippen molar-refractivity contribution in [2.45, 2.75) is 11.3 Å². The van der Waals surface area contributed by atoms with E-state index in [9.17, 15) is 13.2 Å². The number of anilines is 1. The van der Waals surface area contributed by atoms with E-state index in [1.54, 1.807) is 41.7 Å². The minimum absolute atomic E-state index is 0.0560. The van der Waals surface area contributed by atoms with Crippen molar-refractivity contribution >= 4 is 21.7 Å². The van der Waals surface area contributed by atoms with Crippen molar-refractivity contribution in [3.05, 3.63) is 48.9 Å². The van der Waals surface area contributed by atoms with Gasteiger partial charge in [-0.2, -0.15) is 0 Å². The molecule has 138 valence electrons. The van der Waals surface area contributed by atoms with Crippen LogP contribution in [0.4, 0.5) is 5.82 Å². The van der Waals surface area contributed by atoms with Gasteiger partial charge in [-0.25, -0.2) is 18.1 Å². The summed E-state index contributed by atoms with van der Waals surface area (Å²) in [5, 5.41) is 0. The molecule has 1 aliphatic heterocycles. The molecule has 0 saturated carbocycles. The predicted octanol–water partition coefficient (Wildman–Crippen LogP) is 0.494. The van der Waals surface area contributed by atoms with Crippen LogP contribution in [0.1, 0.15) is 6.42 Å². The van der Waals surface area contributed by atoms with E-state index in [0.29, 0.717) is 26.2 Å². The first kappa shape index (κ1) is 18.3. The number of nitrogens with one attached hydrogen (secondary N) is 1. The Balaban J connectivity index is 1.45. The highest BCUT2D eigenvalue weighted by Gasteiger charge is 2.22. The first-order chi connectivity index (χ1) is 12.6. The van der Waals surface area contributed by atoms with Gasteiger partial charge in [0.25, 0.3) is 0 Å². The fraction of sp³-hybridized carbons (Fsp3) is 0.353. The molecule has 26 heavy (non-hydrogen) atoms. The van der Waals surface area contributed by atoms with Crippen LogP contribution >= 0.6 is 0 Å². The minimum atomic E-state index is -3.58. The second-order valence-corrected chi connectivity index (χ2v) is 7.66. The summed E-state index contributed by atoms with van der Waals surface area (Å²) < 4.78 is 26.7. The van der Waals surface area contributed by atoms with Gasteiger partial charge in [0, 0.05) is 51.5 Å². The second kappa shape index (κ2) is 8.24. The van der Waals surface area contributed by atoms with Gasteiger partial charge in [-0.1, -0.05) is 18.2 Å². The molecule has 1 N–H and O–H groups in total. The zero-order chi connectivity index (χ0) is 18.4. The topological polar surface area (TPSA) is 95.5 Å². The van der Waals surface area contributed by atoms with Crippen LogP contribution in [0, 0.1) is 0 Å². The number of benzene rings is 1. The predicted molar refractivity (Wildman–Crippen MR) is 97.1 cm³/mol. The Morgan fingerprint density at radius 2 is 1.81 bits per heavy atom. The lowest BCUT2D eigenvalue weighted by molar-refractivity contribution is -0.131. The molecular weight excluding hydrogens is 354 g/mol. The van der Waals surface area contributed by atoms with E-state index in [-0.39, 0.29) is 23.8 Å². The van der Waals surface area contributed by atoms with Crippen molar-refractivity contribution < 1.29 is 13.2 Å². The maximum atomic E-state index is 12.3. The Bertz CT molecular complexity index is 822. The SMILES string of the molecule is O=C(CCNS(=O)(=O)c1ccccc1)N1CCN(c2cnccn2)CC1. The van der Waals surface area contributed by atoms with Crippen LogP contribution < -0.4 is 9.62 Å². The van der Waals surface area contributed by atoms with Crippen LogP contribution in [0.5, 0.6) is 0 Å². The van der Waals surface area contributed by atoms with Gasteiger partial charge in [0.15, 0.2) is 0 Å². The monoisotopic (exact) mass is 375 g/mol. The van der Waals surface area contributed by atoms with Crippen molar-refractivity contribution in [1.82, 2.24) is 19.6 Å². The number of amides is 1. The first-order valence-electron chi connectivity index (χ1n) is 8.40. The molecule has 0 bridgehead atoms. The maximum absolute atomic E-state index is 12.3. The van der Waals surface area contributed by atoms with Crippen LogP contribution in [0.25, 0.3) is 0 Å². The Morgan fingerprint density at radius 1 is 1.08 bits per heavy atom. The lowest BCUT2D eigenvalue weighted by Gasteiger charge is -2.35. The quantitative estimate of drug-likeness (QED) is 0.790. The molecule has 0 radical (unpaired) electrons. The smallest absolute Gasteiger partial charge is 0.240 e. The molecule has 1 saturated heterocycles. The number of nitrogens with zero attached hydrogens (tertiary/aromatic N) is 4. The van der Waals surface area contributed by atoms with Gasteiger partial charge in [0.1, 0.15) is 5.82 Å². The van der Waals surface area contributed by atoms with Gasteiger partial charge in [0.05, 0.1) is 11.1 Å². The maximum Gasteiger partial charge on any atom is 0.240 e. The summed E-state index contributed by atoms with van der Waals surface area (Å²) in [5.41, 5.74) is 0.